The number of aromatic nitrogens is 2. The first kappa shape index (κ1) is 14.0. The number of hydrogen-bond donors (Lipinski definition) is 0. The van der Waals surface area contributed by atoms with Crippen molar-refractivity contribution in [1.29, 1.82) is 0 Å². The van der Waals surface area contributed by atoms with Crippen LogP contribution in [0.3, 0.4) is 0 Å². The van der Waals surface area contributed by atoms with E-state index >= 15 is 0 Å². The van der Waals surface area contributed by atoms with Crippen LogP contribution in [0.5, 0.6) is 0 Å². The van der Waals surface area contributed by atoms with Gasteiger partial charge in [0, 0.05) is 0 Å². The first-order valence-electron chi connectivity index (χ1n) is 6.43. The lowest BCUT2D eigenvalue weighted by Crippen LogP contribution is -2.06. The molecule has 0 saturated carbocycles. The van der Waals surface area contributed by atoms with Gasteiger partial charge in [-0.3, -0.25) is 0 Å². The van der Waals surface area contributed by atoms with Crippen molar-refractivity contribution in [3.05, 3.63) is 59.4 Å². The Morgan fingerprint density at radius 1 is 1.32 bits per heavy atom. The van der Waals surface area contributed by atoms with E-state index in [1.807, 2.05) is 0 Å². The fourth-order valence-electron chi connectivity index (χ4n) is 1.74. The predicted molar refractivity (Wildman–Crippen MR) is 72.3 cm³/mol. The van der Waals surface area contributed by atoms with Crippen LogP contribution in [0.1, 0.15) is 21.8 Å². The summed E-state index contributed by atoms with van der Waals surface area (Å²) in [6, 6.07) is 7.47. The van der Waals surface area contributed by atoms with E-state index in [0.29, 0.717) is 11.3 Å². The van der Waals surface area contributed by atoms with Gasteiger partial charge in [0.25, 0.3) is 11.8 Å². The summed E-state index contributed by atoms with van der Waals surface area (Å²) in [6.45, 7) is 1.40. The Bertz CT molecular complexity index is 796. The minimum Gasteiger partial charge on any atom is -0.459 e. The summed E-state index contributed by atoms with van der Waals surface area (Å²) < 4.78 is 28.8. The van der Waals surface area contributed by atoms with E-state index in [0.717, 1.165) is 6.07 Å². The highest BCUT2D eigenvalue weighted by molar-refractivity contribution is 5.89. The van der Waals surface area contributed by atoms with Crippen LogP contribution in [0.4, 0.5) is 4.39 Å². The number of aryl methyl sites for hydroxylation is 1. The Morgan fingerprint density at radius 3 is 2.91 bits per heavy atom. The van der Waals surface area contributed by atoms with Gasteiger partial charge in [0.1, 0.15) is 5.82 Å². The van der Waals surface area contributed by atoms with Crippen LogP contribution in [0.2, 0.25) is 0 Å². The molecule has 0 spiro atoms. The van der Waals surface area contributed by atoms with Gasteiger partial charge >= 0.3 is 5.97 Å². The second kappa shape index (κ2) is 5.80. The Hall–Kier alpha value is -2.96. The molecule has 0 aliphatic carbocycles. The standard InChI is InChI=1S/C15H11FN2O4/c1-9-4-5-10(7-11(9)16)15(19)21-8-13-17-18-14(22-13)12-3-2-6-20-12/h2-7H,8H2,1H3. The third-order valence-electron chi connectivity index (χ3n) is 2.93. The van der Waals surface area contributed by atoms with E-state index in [9.17, 15) is 9.18 Å². The zero-order valence-electron chi connectivity index (χ0n) is 11.6. The van der Waals surface area contributed by atoms with Crippen LogP contribution < -0.4 is 0 Å². The van der Waals surface area contributed by atoms with E-state index in [2.05, 4.69) is 10.2 Å². The van der Waals surface area contributed by atoms with Gasteiger partial charge in [-0.05, 0) is 36.8 Å². The normalized spacial score (nSPS) is 10.6. The molecule has 0 unspecified atom stereocenters. The Morgan fingerprint density at radius 2 is 2.18 bits per heavy atom. The van der Waals surface area contributed by atoms with Gasteiger partial charge in [-0.15, -0.1) is 10.2 Å². The van der Waals surface area contributed by atoms with Crippen molar-refractivity contribution in [2.75, 3.05) is 0 Å². The molecule has 0 radical (unpaired) electrons. The molecule has 0 N–H and O–H groups in total. The summed E-state index contributed by atoms with van der Waals surface area (Å²) in [6.07, 6.45) is 1.48. The topological polar surface area (TPSA) is 78.4 Å². The largest absolute Gasteiger partial charge is 0.459 e. The van der Waals surface area contributed by atoms with E-state index in [4.69, 9.17) is 13.6 Å². The van der Waals surface area contributed by atoms with Crippen LogP contribution in [0.15, 0.2) is 45.4 Å². The number of benzene rings is 1. The highest BCUT2D eigenvalue weighted by atomic mass is 19.1. The van der Waals surface area contributed by atoms with Crippen molar-refractivity contribution in [2.24, 2.45) is 0 Å². The molecule has 0 saturated heterocycles. The van der Waals surface area contributed by atoms with E-state index in [1.165, 1.54) is 18.4 Å². The van der Waals surface area contributed by atoms with Gasteiger partial charge in [0.2, 0.25) is 0 Å². The number of esters is 1. The van der Waals surface area contributed by atoms with Crippen LogP contribution in [0.25, 0.3) is 11.7 Å². The monoisotopic (exact) mass is 302 g/mol. The summed E-state index contributed by atoms with van der Waals surface area (Å²) in [7, 11) is 0. The van der Waals surface area contributed by atoms with Crippen molar-refractivity contribution in [3.63, 3.8) is 0 Å². The number of ether oxygens (including phenoxy) is 1. The average Bonchev–Trinajstić information content (AvgIpc) is 3.18. The Balaban J connectivity index is 1.65. The van der Waals surface area contributed by atoms with Crippen LogP contribution in [-0.2, 0) is 11.3 Å². The molecule has 2 heterocycles. The first-order chi connectivity index (χ1) is 10.6. The number of hydrogen-bond acceptors (Lipinski definition) is 6. The zero-order chi connectivity index (χ0) is 15.5. The van der Waals surface area contributed by atoms with E-state index in [1.54, 1.807) is 19.1 Å². The first-order valence-corrected chi connectivity index (χ1v) is 6.43. The second-order valence-electron chi connectivity index (χ2n) is 4.52. The van der Waals surface area contributed by atoms with Crippen LogP contribution in [0, 0.1) is 12.7 Å². The number of nitrogens with zero attached hydrogens (tertiary/aromatic N) is 2. The molecule has 0 aliphatic heterocycles. The molecule has 3 aromatic rings. The number of carbonyl (C=O) groups is 1. The average molecular weight is 302 g/mol. The third-order valence-corrected chi connectivity index (χ3v) is 2.93. The minimum atomic E-state index is -0.670. The lowest BCUT2D eigenvalue weighted by Gasteiger charge is -2.03. The summed E-state index contributed by atoms with van der Waals surface area (Å²) >= 11 is 0. The lowest BCUT2D eigenvalue weighted by molar-refractivity contribution is 0.0438. The number of rotatable bonds is 4. The van der Waals surface area contributed by atoms with Gasteiger partial charge in [0.05, 0.1) is 11.8 Å². The molecule has 0 atom stereocenters. The molecule has 1 aromatic carbocycles. The molecule has 7 heteroatoms. The third kappa shape index (κ3) is 2.88. The summed E-state index contributed by atoms with van der Waals surface area (Å²) in [5, 5.41) is 7.51. The molecular weight excluding hydrogens is 291 g/mol. The molecule has 0 fully saturated rings. The smallest absolute Gasteiger partial charge is 0.338 e. The van der Waals surface area contributed by atoms with Gasteiger partial charge in [0.15, 0.2) is 12.4 Å². The molecule has 3 rings (SSSR count). The second-order valence-corrected chi connectivity index (χ2v) is 4.52. The Kier molecular flexibility index (Phi) is 3.69. The van der Waals surface area contributed by atoms with Crippen molar-refractivity contribution in [2.45, 2.75) is 13.5 Å². The van der Waals surface area contributed by atoms with E-state index in [-0.39, 0.29) is 24.0 Å². The lowest BCUT2D eigenvalue weighted by atomic mass is 10.1. The zero-order valence-corrected chi connectivity index (χ0v) is 11.6. The van der Waals surface area contributed by atoms with Gasteiger partial charge < -0.3 is 13.6 Å². The number of carbonyl (C=O) groups excluding carboxylic acids is 1. The van der Waals surface area contributed by atoms with Crippen LogP contribution >= 0.6 is 0 Å². The van der Waals surface area contributed by atoms with Crippen LogP contribution in [-0.4, -0.2) is 16.2 Å². The number of halogens is 1. The molecule has 112 valence electrons. The SMILES string of the molecule is Cc1ccc(C(=O)OCc2nnc(-c3ccco3)o2)cc1F. The molecule has 2 aromatic heterocycles. The number of furan rings is 1. The van der Waals surface area contributed by atoms with Gasteiger partial charge in [-0.2, -0.15) is 0 Å². The molecule has 22 heavy (non-hydrogen) atoms. The summed E-state index contributed by atoms with van der Waals surface area (Å²) in [4.78, 5) is 11.8. The quantitative estimate of drug-likeness (QED) is 0.689. The summed E-state index contributed by atoms with van der Waals surface area (Å²) in [5.41, 5.74) is 0.574. The van der Waals surface area contributed by atoms with Crippen molar-refractivity contribution < 1.29 is 22.8 Å². The molecule has 6 nitrogen and oxygen atoms in total. The maximum absolute atomic E-state index is 13.4. The fourth-order valence-corrected chi connectivity index (χ4v) is 1.74. The predicted octanol–water partition coefficient (Wildman–Crippen LogP) is 3.13. The fraction of sp³-hybridized carbons (Fsp3) is 0.133. The van der Waals surface area contributed by atoms with Crippen molar-refractivity contribution in [1.82, 2.24) is 10.2 Å². The molecule has 0 bridgehead atoms. The Labute approximate surface area is 124 Å². The van der Waals surface area contributed by atoms with Crippen molar-refractivity contribution >= 4 is 5.97 Å². The molecule has 0 aliphatic rings. The minimum absolute atomic E-state index is 0.118. The summed E-state index contributed by atoms with van der Waals surface area (Å²) in [5.74, 6) is -0.403. The highest BCUT2D eigenvalue weighted by Crippen LogP contribution is 2.18. The maximum atomic E-state index is 13.4. The maximum Gasteiger partial charge on any atom is 0.338 e. The van der Waals surface area contributed by atoms with Gasteiger partial charge in [-0.25, -0.2) is 9.18 Å². The molecule has 0 amide bonds. The van der Waals surface area contributed by atoms with E-state index < -0.39 is 11.8 Å². The molecular formula is C15H11FN2O4. The highest BCUT2D eigenvalue weighted by Gasteiger charge is 2.14. The van der Waals surface area contributed by atoms with Gasteiger partial charge in [-0.1, -0.05) is 6.07 Å². The van der Waals surface area contributed by atoms with Crippen molar-refractivity contribution in [3.8, 4) is 11.7 Å².